The fourth-order valence-electron chi connectivity index (χ4n) is 2.73. The summed E-state index contributed by atoms with van der Waals surface area (Å²) in [4.78, 5) is 23.7. The second-order valence-electron chi connectivity index (χ2n) is 6.19. The Kier molecular flexibility index (Phi) is 6.82. The standard InChI is InChI=1S/C15H28N2O3/c1-10(2)9-13(14(18)20-4)17-15(19)16-12-8-6-5-7-11(12)3/h10-13H,5-9H2,1-4H3,(H2,16,17,19)/t11-,12+,13-/m1/s1. The van der Waals surface area contributed by atoms with E-state index < -0.39 is 6.04 Å². The Hall–Kier alpha value is -1.26. The number of carbonyl (C=O) groups excluding carboxylic acids is 2. The van der Waals surface area contributed by atoms with E-state index in [9.17, 15) is 9.59 Å². The fourth-order valence-corrected chi connectivity index (χ4v) is 2.73. The molecule has 1 fully saturated rings. The zero-order valence-corrected chi connectivity index (χ0v) is 13.1. The van der Waals surface area contributed by atoms with Gasteiger partial charge in [-0.05, 0) is 31.1 Å². The Morgan fingerprint density at radius 2 is 1.90 bits per heavy atom. The summed E-state index contributed by atoms with van der Waals surface area (Å²) >= 11 is 0. The van der Waals surface area contributed by atoms with Crippen molar-refractivity contribution >= 4 is 12.0 Å². The lowest BCUT2D eigenvalue weighted by atomic mass is 9.86. The summed E-state index contributed by atoms with van der Waals surface area (Å²) in [6.07, 6.45) is 5.14. The lowest BCUT2D eigenvalue weighted by Crippen LogP contribution is -2.51. The van der Waals surface area contributed by atoms with Crippen molar-refractivity contribution in [1.82, 2.24) is 10.6 Å². The molecule has 1 saturated carbocycles. The van der Waals surface area contributed by atoms with Gasteiger partial charge >= 0.3 is 12.0 Å². The largest absolute Gasteiger partial charge is 0.467 e. The molecule has 1 aliphatic carbocycles. The van der Waals surface area contributed by atoms with Gasteiger partial charge in [0.25, 0.3) is 0 Å². The SMILES string of the molecule is COC(=O)[C@@H](CC(C)C)NC(=O)N[C@H]1CCCC[C@H]1C. The minimum atomic E-state index is -0.570. The fraction of sp³-hybridized carbons (Fsp3) is 0.867. The summed E-state index contributed by atoms with van der Waals surface area (Å²) < 4.78 is 4.74. The van der Waals surface area contributed by atoms with Crippen LogP contribution in [0.1, 0.15) is 52.9 Å². The van der Waals surface area contributed by atoms with Gasteiger partial charge in [0.1, 0.15) is 6.04 Å². The van der Waals surface area contributed by atoms with Crippen LogP contribution < -0.4 is 10.6 Å². The van der Waals surface area contributed by atoms with Crippen molar-refractivity contribution in [3.8, 4) is 0 Å². The van der Waals surface area contributed by atoms with Crippen LogP contribution in [-0.2, 0) is 9.53 Å². The molecule has 2 amide bonds. The van der Waals surface area contributed by atoms with Crippen molar-refractivity contribution in [3.63, 3.8) is 0 Å². The summed E-state index contributed by atoms with van der Waals surface area (Å²) in [6, 6.07) is -0.625. The number of rotatable bonds is 5. The molecule has 0 heterocycles. The number of carbonyl (C=O) groups is 2. The van der Waals surface area contributed by atoms with E-state index in [0.717, 1.165) is 19.3 Å². The first-order valence-electron chi connectivity index (χ1n) is 7.59. The summed E-state index contributed by atoms with van der Waals surface area (Å²) in [5.74, 6) is 0.426. The maximum absolute atomic E-state index is 12.0. The molecule has 0 spiro atoms. The van der Waals surface area contributed by atoms with Crippen LogP contribution in [0, 0.1) is 11.8 Å². The molecule has 0 radical (unpaired) electrons. The molecule has 0 aromatic carbocycles. The zero-order valence-electron chi connectivity index (χ0n) is 13.1. The van der Waals surface area contributed by atoms with E-state index in [1.54, 1.807) is 0 Å². The first-order valence-corrected chi connectivity index (χ1v) is 7.59. The van der Waals surface area contributed by atoms with Crippen molar-refractivity contribution in [2.45, 2.75) is 65.0 Å². The maximum atomic E-state index is 12.0. The van der Waals surface area contributed by atoms with Crippen LogP contribution in [0.2, 0.25) is 0 Å². The van der Waals surface area contributed by atoms with Gasteiger partial charge in [0.2, 0.25) is 0 Å². The predicted octanol–water partition coefficient (Wildman–Crippen LogP) is 2.45. The monoisotopic (exact) mass is 284 g/mol. The Labute approximate surface area is 121 Å². The van der Waals surface area contributed by atoms with Gasteiger partial charge in [0, 0.05) is 6.04 Å². The van der Waals surface area contributed by atoms with E-state index in [4.69, 9.17) is 4.74 Å². The lowest BCUT2D eigenvalue weighted by Gasteiger charge is -2.30. The van der Waals surface area contributed by atoms with Gasteiger partial charge in [-0.15, -0.1) is 0 Å². The highest BCUT2D eigenvalue weighted by molar-refractivity contribution is 5.83. The van der Waals surface area contributed by atoms with Crippen molar-refractivity contribution in [2.75, 3.05) is 7.11 Å². The average Bonchev–Trinajstić information content (AvgIpc) is 2.39. The summed E-state index contributed by atoms with van der Waals surface area (Å²) in [7, 11) is 1.35. The van der Waals surface area contributed by atoms with Crippen molar-refractivity contribution in [3.05, 3.63) is 0 Å². The van der Waals surface area contributed by atoms with Crippen LogP contribution >= 0.6 is 0 Å². The van der Waals surface area contributed by atoms with Crippen LogP contribution in [0.5, 0.6) is 0 Å². The van der Waals surface area contributed by atoms with E-state index >= 15 is 0 Å². The Morgan fingerprint density at radius 3 is 2.45 bits per heavy atom. The highest BCUT2D eigenvalue weighted by Crippen LogP contribution is 2.23. The van der Waals surface area contributed by atoms with Gasteiger partial charge in [-0.2, -0.15) is 0 Å². The molecule has 0 aliphatic heterocycles. The molecule has 116 valence electrons. The van der Waals surface area contributed by atoms with Crippen LogP contribution in [-0.4, -0.2) is 31.2 Å². The number of esters is 1. The van der Waals surface area contributed by atoms with Gasteiger partial charge in [0.05, 0.1) is 7.11 Å². The van der Waals surface area contributed by atoms with Crippen LogP contribution in [0.4, 0.5) is 4.79 Å². The topological polar surface area (TPSA) is 67.4 Å². The quantitative estimate of drug-likeness (QED) is 0.762. The van der Waals surface area contributed by atoms with E-state index in [2.05, 4.69) is 17.6 Å². The molecule has 5 nitrogen and oxygen atoms in total. The molecule has 5 heteroatoms. The lowest BCUT2D eigenvalue weighted by molar-refractivity contribution is -0.143. The number of nitrogens with one attached hydrogen (secondary N) is 2. The Bertz CT molecular complexity index is 331. The van der Waals surface area contributed by atoms with Crippen LogP contribution in [0.15, 0.2) is 0 Å². The molecule has 1 aliphatic rings. The number of urea groups is 1. The van der Waals surface area contributed by atoms with Gasteiger partial charge in [-0.1, -0.05) is 33.6 Å². The van der Waals surface area contributed by atoms with E-state index in [1.165, 1.54) is 13.5 Å². The maximum Gasteiger partial charge on any atom is 0.328 e. The van der Waals surface area contributed by atoms with Gasteiger partial charge in [-0.25, -0.2) is 9.59 Å². The van der Waals surface area contributed by atoms with Crippen molar-refractivity contribution < 1.29 is 14.3 Å². The number of hydrogen-bond donors (Lipinski definition) is 2. The first-order chi connectivity index (χ1) is 9.43. The number of methoxy groups -OCH3 is 1. The highest BCUT2D eigenvalue weighted by Gasteiger charge is 2.26. The molecule has 0 aromatic rings. The average molecular weight is 284 g/mol. The molecular weight excluding hydrogens is 256 g/mol. The second kappa shape index (κ2) is 8.12. The highest BCUT2D eigenvalue weighted by atomic mass is 16.5. The molecule has 1 rings (SSSR count). The second-order valence-corrected chi connectivity index (χ2v) is 6.19. The molecule has 0 aromatic heterocycles. The molecule has 20 heavy (non-hydrogen) atoms. The van der Waals surface area contributed by atoms with Crippen LogP contribution in [0.3, 0.4) is 0 Å². The van der Waals surface area contributed by atoms with E-state index in [0.29, 0.717) is 18.3 Å². The molecule has 0 unspecified atom stereocenters. The Balaban J connectivity index is 2.50. The van der Waals surface area contributed by atoms with E-state index in [-0.39, 0.29) is 18.0 Å². The minimum absolute atomic E-state index is 0.209. The molecule has 0 saturated heterocycles. The van der Waals surface area contributed by atoms with Crippen molar-refractivity contribution in [2.24, 2.45) is 11.8 Å². The normalized spacial score (nSPS) is 24.1. The Morgan fingerprint density at radius 1 is 1.25 bits per heavy atom. The number of ether oxygens (including phenoxy) is 1. The first kappa shape index (κ1) is 16.8. The van der Waals surface area contributed by atoms with E-state index in [1.807, 2.05) is 13.8 Å². The number of hydrogen-bond acceptors (Lipinski definition) is 3. The van der Waals surface area contributed by atoms with Gasteiger partial charge in [0.15, 0.2) is 0 Å². The zero-order chi connectivity index (χ0) is 15.1. The molecular formula is C15H28N2O3. The third-order valence-corrected chi connectivity index (χ3v) is 3.93. The van der Waals surface area contributed by atoms with Crippen molar-refractivity contribution in [1.29, 1.82) is 0 Å². The third-order valence-electron chi connectivity index (χ3n) is 3.93. The molecule has 2 N–H and O–H groups in total. The molecule has 0 bridgehead atoms. The summed E-state index contributed by atoms with van der Waals surface area (Å²) in [5, 5.41) is 5.74. The molecule has 3 atom stereocenters. The third kappa shape index (κ3) is 5.39. The summed E-state index contributed by atoms with van der Waals surface area (Å²) in [5.41, 5.74) is 0. The van der Waals surface area contributed by atoms with Gasteiger partial charge < -0.3 is 15.4 Å². The van der Waals surface area contributed by atoms with Crippen LogP contribution in [0.25, 0.3) is 0 Å². The summed E-state index contributed by atoms with van der Waals surface area (Å²) in [6.45, 7) is 6.19. The predicted molar refractivity (Wildman–Crippen MR) is 78.3 cm³/mol. The minimum Gasteiger partial charge on any atom is -0.467 e. The smallest absolute Gasteiger partial charge is 0.328 e. The number of amides is 2. The van der Waals surface area contributed by atoms with Gasteiger partial charge in [-0.3, -0.25) is 0 Å².